The molecular formula is C16H20N4O2S. The van der Waals surface area contributed by atoms with Crippen LogP contribution in [-0.4, -0.2) is 37.0 Å². The zero-order valence-electron chi connectivity index (χ0n) is 12.9. The molecule has 1 aliphatic heterocycles. The fourth-order valence-electron chi connectivity index (χ4n) is 2.72. The number of benzene rings is 1. The minimum Gasteiger partial charge on any atom is -0.314 e. The molecule has 0 radical (unpaired) electrons. The van der Waals surface area contributed by atoms with Crippen molar-refractivity contribution in [2.24, 2.45) is 0 Å². The molecule has 6 nitrogen and oxygen atoms in total. The second kappa shape index (κ2) is 6.74. The first-order chi connectivity index (χ1) is 11.0. The van der Waals surface area contributed by atoms with Crippen LogP contribution >= 0.6 is 0 Å². The van der Waals surface area contributed by atoms with Crippen LogP contribution in [0.4, 0.5) is 0 Å². The highest BCUT2D eigenvalue weighted by Crippen LogP contribution is 2.16. The molecule has 1 saturated heterocycles. The summed E-state index contributed by atoms with van der Waals surface area (Å²) in [5, 5.41) is 3.30. The summed E-state index contributed by atoms with van der Waals surface area (Å²) >= 11 is 0. The van der Waals surface area contributed by atoms with Gasteiger partial charge in [0.1, 0.15) is 4.90 Å². The molecule has 2 unspecified atom stereocenters. The highest BCUT2D eigenvalue weighted by atomic mass is 32.2. The Kier molecular flexibility index (Phi) is 4.70. The van der Waals surface area contributed by atoms with Crippen LogP contribution in [0.2, 0.25) is 0 Å². The molecule has 1 aromatic heterocycles. The smallest absolute Gasteiger partial charge is 0.243 e. The van der Waals surface area contributed by atoms with Crippen LogP contribution in [0.5, 0.6) is 0 Å². The SMILES string of the molecule is CC1CC(NS(=O)(=O)c2cnc(-c3ccccc3)nc2)CCN1. The van der Waals surface area contributed by atoms with E-state index in [-0.39, 0.29) is 10.9 Å². The fourth-order valence-corrected chi connectivity index (χ4v) is 3.89. The van der Waals surface area contributed by atoms with E-state index >= 15 is 0 Å². The highest BCUT2D eigenvalue weighted by molar-refractivity contribution is 7.89. The summed E-state index contributed by atoms with van der Waals surface area (Å²) in [7, 11) is -3.59. The molecule has 2 heterocycles. The molecule has 1 fully saturated rings. The van der Waals surface area contributed by atoms with Gasteiger partial charge < -0.3 is 5.32 Å². The molecular weight excluding hydrogens is 312 g/mol. The Morgan fingerprint density at radius 3 is 2.52 bits per heavy atom. The maximum Gasteiger partial charge on any atom is 0.243 e. The third-order valence-corrected chi connectivity index (χ3v) is 5.39. The molecule has 0 aliphatic carbocycles. The number of nitrogens with zero attached hydrogens (tertiary/aromatic N) is 2. The number of nitrogens with one attached hydrogen (secondary N) is 2. The molecule has 2 aromatic rings. The van der Waals surface area contributed by atoms with Crippen LogP contribution in [-0.2, 0) is 10.0 Å². The Hall–Kier alpha value is -1.83. The monoisotopic (exact) mass is 332 g/mol. The van der Waals surface area contributed by atoms with Gasteiger partial charge >= 0.3 is 0 Å². The lowest BCUT2D eigenvalue weighted by Crippen LogP contribution is -2.46. The number of aromatic nitrogens is 2. The van der Waals surface area contributed by atoms with Crippen LogP contribution in [0.1, 0.15) is 19.8 Å². The summed E-state index contributed by atoms with van der Waals surface area (Å²) in [6.45, 7) is 2.87. The van der Waals surface area contributed by atoms with Crippen LogP contribution < -0.4 is 10.0 Å². The molecule has 1 aliphatic rings. The molecule has 23 heavy (non-hydrogen) atoms. The van der Waals surface area contributed by atoms with Gasteiger partial charge in [-0.05, 0) is 26.3 Å². The zero-order chi connectivity index (χ0) is 16.3. The second-order valence-electron chi connectivity index (χ2n) is 5.81. The van der Waals surface area contributed by atoms with Crippen LogP contribution in [0.15, 0.2) is 47.6 Å². The van der Waals surface area contributed by atoms with Crippen molar-refractivity contribution in [3.63, 3.8) is 0 Å². The summed E-state index contributed by atoms with van der Waals surface area (Å²) in [6.07, 6.45) is 4.29. The van der Waals surface area contributed by atoms with Gasteiger partial charge in [0, 0.05) is 17.6 Å². The van der Waals surface area contributed by atoms with Crippen molar-refractivity contribution < 1.29 is 8.42 Å². The van der Waals surface area contributed by atoms with E-state index in [1.54, 1.807) is 0 Å². The van der Waals surface area contributed by atoms with Crippen molar-refractivity contribution in [3.05, 3.63) is 42.7 Å². The lowest BCUT2D eigenvalue weighted by atomic mass is 10.0. The molecule has 0 spiro atoms. The van der Waals surface area contributed by atoms with Crippen molar-refractivity contribution in [1.29, 1.82) is 0 Å². The molecule has 3 rings (SSSR count). The normalized spacial score (nSPS) is 22.0. The summed E-state index contributed by atoms with van der Waals surface area (Å²) in [5.74, 6) is 0.514. The van der Waals surface area contributed by atoms with E-state index < -0.39 is 10.0 Å². The lowest BCUT2D eigenvalue weighted by Gasteiger charge is -2.28. The minimum absolute atomic E-state index is 0.0509. The Morgan fingerprint density at radius 2 is 1.87 bits per heavy atom. The van der Waals surface area contributed by atoms with Gasteiger partial charge in [-0.15, -0.1) is 0 Å². The zero-order valence-corrected chi connectivity index (χ0v) is 13.8. The van der Waals surface area contributed by atoms with Crippen molar-refractivity contribution in [3.8, 4) is 11.4 Å². The number of sulfonamides is 1. The van der Waals surface area contributed by atoms with Crippen LogP contribution in [0.25, 0.3) is 11.4 Å². The number of hydrogen-bond acceptors (Lipinski definition) is 5. The standard InChI is InChI=1S/C16H20N4O2S/c1-12-9-14(7-8-17-12)20-23(21,22)15-10-18-16(19-11-15)13-5-3-2-4-6-13/h2-6,10-12,14,17,20H,7-9H2,1H3. The molecule has 0 saturated carbocycles. The minimum atomic E-state index is -3.59. The van der Waals surface area contributed by atoms with Gasteiger partial charge in [0.2, 0.25) is 10.0 Å². The first-order valence-electron chi connectivity index (χ1n) is 7.68. The van der Waals surface area contributed by atoms with E-state index in [0.29, 0.717) is 11.9 Å². The number of rotatable bonds is 4. The lowest BCUT2D eigenvalue weighted by molar-refractivity contribution is 0.361. The summed E-state index contributed by atoms with van der Waals surface area (Å²) in [6, 6.07) is 9.73. The molecule has 122 valence electrons. The predicted octanol–water partition coefficient (Wildman–Crippen LogP) is 1.56. The summed E-state index contributed by atoms with van der Waals surface area (Å²) < 4.78 is 27.6. The van der Waals surface area contributed by atoms with E-state index in [1.807, 2.05) is 30.3 Å². The van der Waals surface area contributed by atoms with E-state index in [4.69, 9.17) is 0 Å². The summed E-state index contributed by atoms with van der Waals surface area (Å²) in [4.78, 5) is 8.46. The molecule has 0 bridgehead atoms. The topological polar surface area (TPSA) is 84.0 Å². The van der Waals surface area contributed by atoms with E-state index in [0.717, 1.165) is 24.9 Å². The molecule has 0 amide bonds. The highest BCUT2D eigenvalue weighted by Gasteiger charge is 2.24. The van der Waals surface area contributed by atoms with Gasteiger partial charge in [-0.2, -0.15) is 0 Å². The Bertz CT molecular complexity index is 747. The summed E-state index contributed by atoms with van der Waals surface area (Å²) in [5.41, 5.74) is 0.858. The van der Waals surface area contributed by atoms with Gasteiger partial charge in [-0.25, -0.2) is 23.1 Å². The molecule has 2 N–H and O–H groups in total. The molecule has 1 aromatic carbocycles. The number of hydrogen-bond donors (Lipinski definition) is 2. The number of piperidine rings is 1. The van der Waals surface area contributed by atoms with Crippen LogP contribution in [0.3, 0.4) is 0 Å². The fraction of sp³-hybridized carbons (Fsp3) is 0.375. The predicted molar refractivity (Wildman–Crippen MR) is 88.3 cm³/mol. The van der Waals surface area contributed by atoms with Gasteiger partial charge in [-0.1, -0.05) is 30.3 Å². The quantitative estimate of drug-likeness (QED) is 0.888. The average Bonchev–Trinajstić information content (AvgIpc) is 2.55. The van der Waals surface area contributed by atoms with Crippen molar-refractivity contribution in [2.75, 3.05) is 6.54 Å². The maximum atomic E-state index is 12.4. The largest absolute Gasteiger partial charge is 0.314 e. The van der Waals surface area contributed by atoms with Crippen molar-refractivity contribution >= 4 is 10.0 Å². The van der Waals surface area contributed by atoms with E-state index in [9.17, 15) is 8.42 Å². The molecule has 2 atom stereocenters. The van der Waals surface area contributed by atoms with Gasteiger partial charge in [0.25, 0.3) is 0 Å². The Balaban J connectivity index is 1.75. The van der Waals surface area contributed by atoms with E-state index in [2.05, 4.69) is 26.9 Å². The first kappa shape index (κ1) is 16.0. The van der Waals surface area contributed by atoms with E-state index in [1.165, 1.54) is 12.4 Å². The second-order valence-corrected chi connectivity index (χ2v) is 7.52. The maximum absolute atomic E-state index is 12.4. The van der Waals surface area contributed by atoms with Crippen molar-refractivity contribution in [2.45, 2.75) is 36.7 Å². The average molecular weight is 332 g/mol. The first-order valence-corrected chi connectivity index (χ1v) is 9.16. The van der Waals surface area contributed by atoms with Gasteiger partial charge in [-0.3, -0.25) is 0 Å². The Labute approximate surface area is 136 Å². The van der Waals surface area contributed by atoms with Crippen molar-refractivity contribution in [1.82, 2.24) is 20.0 Å². The van der Waals surface area contributed by atoms with Gasteiger partial charge in [0.15, 0.2) is 5.82 Å². The molecule has 7 heteroatoms. The third kappa shape index (κ3) is 3.93. The third-order valence-electron chi connectivity index (χ3n) is 3.92. The van der Waals surface area contributed by atoms with Crippen LogP contribution in [0, 0.1) is 0 Å². The van der Waals surface area contributed by atoms with Gasteiger partial charge in [0.05, 0.1) is 12.4 Å². The Morgan fingerprint density at radius 1 is 1.17 bits per heavy atom.